The van der Waals surface area contributed by atoms with E-state index in [0.717, 1.165) is 0 Å². The SMILES string of the molecule is CC(Cl)O/N=[N+](\O)N(C)[C@@H](C)CO. The minimum absolute atomic E-state index is 0.0977. The number of alkyl halides is 1. The Balaban J connectivity index is 4.07. The molecule has 6 nitrogen and oxygen atoms in total. The molecule has 0 bridgehead atoms. The quantitative estimate of drug-likeness (QED) is 0.303. The molecule has 7 heteroatoms. The molecule has 0 heterocycles. The first-order chi connectivity index (χ1) is 5.99. The largest absolute Gasteiger partial charge is 0.394 e. The summed E-state index contributed by atoms with van der Waals surface area (Å²) in [6, 6.07) is -0.261. The average molecular weight is 213 g/mol. The molecule has 0 fully saturated rings. The summed E-state index contributed by atoms with van der Waals surface area (Å²) in [4.78, 5) is 5.05. The zero-order chi connectivity index (χ0) is 10.4. The van der Waals surface area contributed by atoms with Crippen molar-refractivity contribution in [1.82, 2.24) is 5.01 Å². The van der Waals surface area contributed by atoms with Crippen LogP contribution in [0.15, 0.2) is 5.28 Å². The van der Waals surface area contributed by atoms with E-state index in [-0.39, 0.29) is 12.6 Å². The maximum atomic E-state index is 9.17. The van der Waals surface area contributed by atoms with Gasteiger partial charge in [-0.2, -0.15) is 0 Å². The lowest BCUT2D eigenvalue weighted by Crippen LogP contribution is -2.38. The van der Waals surface area contributed by atoms with Gasteiger partial charge in [0, 0.05) is 0 Å². The molecule has 0 aliphatic rings. The van der Waals surface area contributed by atoms with E-state index in [0.29, 0.717) is 4.97 Å². The Morgan fingerprint density at radius 2 is 2.15 bits per heavy atom. The molecule has 1 unspecified atom stereocenters. The van der Waals surface area contributed by atoms with Crippen LogP contribution < -0.4 is 0 Å². The lowest BCUT2D eigenvalue weighted by Gasteiger charge is -2.12. The van der Waals surface area contributed by atoms with Crippen LogP contribution in [0.1, 0.15) is 13.8 Å². The number of rotatable bonds is 5. The predicted octanol–water partition coefficient (Wildman–Crippen LogP) is 0.584. The van der Waals surface area contributed by atoms with E-state index < -0.39 is 5.56 Å². The first-order valence-corrected chi connectivity index (χ1v) is 4.26. The second-order valence-corrected chi connectivity index (χ2v) is 3.22. The van der Waals surface area contributed by atoms with Crippen molar-refractivity contribution < 1.29 is 20.1 Å². The molecule has 0 aliphatic heterocycles. The molecule has 0 aromatic carbocycles. The number of hydrazine groups is 1. The Labute approximate surface area is 81.9 Å². The average Bonchev–Trinajstić information content (AvgIpc) is 2.11. The van der Waals surface area contributed by atoms with Gasteiger partial charge < -0.3 is 9.94 Å². The molecule has 0 saturated heterocycles. The van der Waals surface area contributed by atoms with Crippen molar-refractivity contribution in [2.24, 2.45) is 5.28 Å². The molecule has 0 rings (SSSR count). The van der Waals surface area contributed by atoms with Crippen molar-refractivity contribution in [3.8, 4) is 0 Å². The molecular weight excluding hydrogens is 198 g/mol. The van der Waals surface area contributed by atoms with E-state index in [2.05, 4.69) is 10.1 Å². The summed E-state index contributed by atoms with van der Waals surface area (Å²) >= 11 is 5.42. The molecule has 0 aliphatic carbocycles. The smallest absolute Gasteiger partial charge is 0.275 e. The van der Waals surface area contributed by atoms with Crippen LogP contribution >= 0.6 is 11.6 Å². The topological polar surface area (TPSA) is 68.3 Å². The highest BCUT2D eigenvalue weighted by molar-refractivity contribution is 6.19. The molecule has 2 atom stereocenters. The Bertz CT molecular complexity index is 177. The van der Waals surface area contributed by atoms with Crippen LogP contribution in [0.4, 0.5) is 0 Å². The number of likely N-dealkylation sites (N-methyl/N-ethyl adjacent to an activating group) is 1. The fraction of sp³-hybridized carbons (Fsp3) is 1.00. The van der Waals surface area contributed by atoms with E-state index in [9.17, 15) is 0 Å². The van der Waals surface area contributed by atoms with Crippen LogP contribution in [0, 0.1) is 0 Å². The van der Waals surface area contributed by atoms with Gasteiger partial charge in [-0.1, -0.05) is 11.6 Å². The first kappa shape index (κ1) is 12.2. The summed E-state index contributed by atoms with van der Waals surface area (Å²) < 4.78 is 0. The van der Waals surface area contributed by atoms with Gasteiger partial charge in [0.05, 0.1) is 13.7 Å². The first-order valence-electron chi connectivity index (χ1n) is 3.82. The zero-order valence-corrected chi connectivity index (χ0v) is 8.64. The van der Waals surface area contributed by atoms with Gasteiger partial charge in [0.1, 0.15) is 6.04 Å². The predicted molar refractivity (Wildman–Crippen MR) is 45.2 cm³/mol. The van der Waals surface area contributed by atoms with E-state index in [4.69, 9.17) is 21.9 Å². The number of halogens is 1. The minimum Gasteiger partial charge on any atom is -0.394 e. The Hall–Kier alpha value is -0.750. The van der Waals surface area contributed by atoms with Crippen molar-refractivity contribution in [3.05, 3.63) is 0 Å². The van der Waals surface area contributed by atoms with Gasteiger partial charge in [-0.25, -0.2) is 5.21 Å². The van der Waals surface area contributed by atoms with Gasteiger partial charge in [-0.15, -0.1) is 5.01 Å². The van der Waals surface area contributed by atoms with E-state index in [1.54, 1.807) is 20.9 Å². The lowest BCUT2D eigenvalue weighted by molar-refractivity contribution is -0.942. The molecule has 0 spiro atoms. The Kier molecular flexibility index (Phi) is 5.48. The van der Waals surface area contributed by atoms with Crippen LogP contribution in [0.3, 0.4) is 0 Å². The minimum atomic E-state index is -0.618. The van der Waals surface area contributed by atoms with Crippen molar-refractivity contribution >= 4 is 11.6 Å². The number of hydrogen-bond acceptors (Lipinski definition) is 3. The van der Waals surface area contributed by atoms with Crippen molar-refractivity contribution in [3.63, 3.8) is 0 Å². The highest BCUT2D eigenvalue weighted by atomic mass is 35.5. The summed E-state index contributed by atoms with van der Waals surface area (Å²) in [6.45, 7) is 3.18. The van der Waals surface area contributed by atoms with E-state index in [1.807, 2.05) is 0 Å². The van der Waals surface area contributed by atoms with Gasteiger partial charge in [0.2, 0.25) is 5.56 Å². The van der Waals surface area contributed by atoms with E-state index in [1.165, 1.54) is 5.01 Å². The highest BCUT2D eigenvalue weighted by Crippen LogP contribution is 1.99. The maximum absolute atomic E-state index is 9.17. The van der Waals surface area contributed by atoms with Crippen LogP contribution in [0.2, 0.25) is 0 Å². The number of hydrogen-bond donors (Lipinski definition) is 2. The molecule has 0 aromatic heterocycles. The summed E-state index contributed by atoms with van der Waals surface area (Å²) in [5.74, 6) is 0. The summed E-state index contributed by atoms with van der Waals surface area (Å²) in [5.41, 5.74) is -0.618. The Morgan fingerprint density at radius 1 is 1.62 bits per heavy atom. The van der Waals surface area contributed by atoms with Crippen LogP contribution in [0.5, 0.6) is 0 Å². The molecule has 0 saturated carbocycles. The fourth-order valence-corrected chi connectivity index (χ4v) is 0.495. The van der Waals surface area contributed by atoms with Gasteiger partial charge in [0.25, 0.3) is 10.2 Å². The van der Waals surface area contributed by atoms with Crippen LogP contribution in [-0.2, 0) is 4.84 Å². The van der Waals surface area contributed by atoms with Crippen molar-refractivity contribution in [2.75, 3.05) is 13.7 Å². The second kappa shape index (κ2) is 5.82. The summed E-state index contributed by atoms with van der Waals surface area (Å²) in [7, 11) is 1.55. The highest BCUT2D eigenvalue weighted by Gasteiger charge is 2.20. The molecule has 78 valence electrons. The standard InChI is InChI=1S/C6H15ClN3O3/c1-5(4-11)9(3)10(12)8-13-6(2)7/h5-6,11H,4H2,1-3H3,(H,8,12)/q+1/t5-,6?/m0/s1. The molecule has 2 N–H and O–H groups in total. The van der Waals surface area contributed by atoms with Crippen LogP contribution in [0.25, 0.3) is 0 Å². The molecule has 0 aromatic rings. The fourth-order valence-electron chi connectivity index (χ4n) is 0.459. The number of aliphatic hydroxyl groups excluding tert-OH is 1. The normalized spacial score (nSPS) is 16.5. The van der Waals surface area contributed by atoms with Gasteiger partial charge in [-0.05, 0) is 13.8 Å². The Morgan fingerprint density at radius 3 is 2.54 bits per heavy atom. The number of nitrogens with zero attached hydrogens (tertiary/aromatic N) is 3. The van der Waals surface area contributed by atoms with Gasteiger partial charge in [0.15, 0.2) is 0 Å². The second-order valence-electron chi connectivity index (χ2n) is 2.60. The third-order valence-corrected chi connectivity index (χ3v) is 1.53. The third kappa shape index (κ3) is 4.74. The molecule has 0 radical (unpaired) electrons. The monoisotopic (exact) mass is 212 g/mol. The number of aliphatic hydroxyl groups is 1. The van der Waals surface area contributed by atoms with E-state index >= 15 is 0 Å². The third-order valence-electron chi connectivity index (χ3n) is 1.45. The van der Waals surface area contributed by atoms with Crippen LogP contribution in [-0.4, -0.2) is 45.6 Å². The molecule has 0 amide bonds. The zero-order valence-electron chi connectivity index (χ0n) is 7.88. The van der Waals surface area contributed by atoms with Crippen molar-refractivity contribution in [1.29, 1.82) is 0 Å². The lowest BCUT2D eigenvalue weighted by atomic mass is 10.4. The van der Waals surface area contributed by atoms with Crippen molar-refractivity contribution in [2.45, 2.75) is 25.5 Å². The molecular formula is C6H15ClN3O3+. The van der Waals surface area contributed by atoms with Gasteiger partial charge in [-0.3, -0.25) is 0 Å². The summed E-state index contributed by atoms with van der Waals surface area (Å²) in [5, 5.41) is 22.5. The van der Waals surface area contributed by atoms with Gasteiger partial charge >= 0.3 is 0 Å². The summed E-state index contributed by atoms with van der Waals surface area (Å²) in [6.07, 6.45) is 0. The molecule has 13 heavy (non-hydrogen) atoms. The maximum Gasteiger partial charge on any atom is 0.275 e.